The van der Waals surface area contributed by atoms with Crippen LogP contribution in [0.15, 0.2) is 0 Å². The van der Waals surface area contributed by atoms with E-state index >= 15 is 0 Å². The molecule has 1 aromatic rings. The van der Waals surface area contributed by atoms with E-state index in [1.54, 1.807) is 0 Å². The molecule has 0 radical (unpaired) electrons. The lowest BCUT2D eigenvalue weighted by Crippen LogP contribution is -2.16. The van der Waals surface area contributed by atoms with Gasteiger partial charge < -0.3 is 16.2 Å². The lowest BCUT2D eigenvalue weighted by atomic mass is 10.1. The molecule has 1 aromatic heterocycles. The minimum Gasteiger partial charge on any atom is -0.394 e. The molecule has 1 aliphatic carbocycles. The number of aryl methyl sites for hydroxylation is 2. The third kappa shape index (κ3) is 2.77. The van der Waals surface area contributed by atoms with Gasteiger partial charge in [0.1, 0.15) is 5.82 Å². The van der Waals surface area contributed by atoms with Gasteiger partial charge in [-0.25, -0.2) is 4.68 Å². The van der Waals surface area contributed by atoms with Crippen molar-refractivity contribution in [1.82, 2.24) is 9.78 Å². The highest BCUT2D eigenvalue weighted by molar-refractivity contribution is 5.64. The van der Waals surface area contributed by atoms with Crippen molar-refractivity contribution in [3.05, 3.63) is 5.69 Å². The molecule has 18 heavy (non-hydrogen) atoms. The Labute approximate surface area is 108 Å². The van der Waals surface area contributed by atoms with Gasteiger partial charge in [0.25, 0.3) is 0 Å². The molecule has 0 aliphatic heterocycles. The summed E-state index contributed by atoms with van der Waals surface area (Å²) in [6, 6.07) is 0. The van der Waals surface area contributed by atoms with Crippen LogP contribution in [0.25, 0.3) is 0 Å². The van der Waals surface area contributed by atoms with Crippen LogP contribution in [-0.2, 0) is 6.54 Å². The molecule has 0 bridgehead atoms. The average molecular weight is 252 g/mol. The second kappa shape index (κ2) is 5.61. The van der Waals surface area contributed by atoms with Gasteiger partial charge in [-0.2, -0.15) is 5.10 Å². The number of nitrogens with one attached hydrogen (secondary N) is 1. The molecular weight excluding hydrogens is 228 g/mol. The first-order chi connectivity index (χ1) is 8.61. The van der Waals surface area contributed by atoms with Crippen molar-refractivity contribution in [3.63, 3.8) is 0 Å². The van der Waals surface area contributed by atoms with Gasteiger partial charge in [-0.15, -0.1) is 0 Å². The number of nitrogen functional groups attached to an aromatic ring is 1. The Morgan fingerprint density at radius 2 is 2.28 bits per heavy atom. The van der Waals surface area contributed by atoms with Crippen molar-refractivity contribution in [2.24, 2.45) is 5.92 Å². The molecular formula is C13H24N4O. The van der Waals surface area contributed by atoms with Crippen LogP contribution >= 0.6 is 0 Å². The van der Waals surface area contributed by atoms with Crippen molar-refractivity contribution in [2.75, 3.05) is 17.6 Å². The summed E-state index contributed by atoms with van der Waals surface area (Å²) >= 11 is 0. The van der Waals surface area contributed by atoms with Gasteiger partial charge in [0, 0.05) is 13.1 Å². The smallest absolute Gasteiger partial charge is 0.148 e. The average Bonchev–Trinajstić information content (AvgIpc) is 2.84. The largest absolute Gasteiger partial charge is 0.394 e. The Morgan fingerprint density at radius 1 is 1.50 bits per heavy atom. The summed E-state index contributed by atoms with van der Waals surface area (Å²) in [5.41, 5.74) is 7.69. The predicted octanol–water partition coefficient (Wildman–Crippen LogP) is 1.76. The SMILES string of the molecule is CCCn1nc(C)c(N)c1NCC1CCC(O)C1. The number of aliphatic hydroxyl groups is 1. The molecule has 0 saturated heterocycles. The van der Waals surface area contributed by atoms with Gasteiger partial charge in [0.05, 0.1) is 17.5 Å². The number of anilines is 2. The third-order valence-corrected chi connectivity index (χ3v) is 3.68. The molecule has 2 atom stereocenters. The molecule has 1 heterocycles. The fourth-order valence-corrected chi connectivity index (χ4v) is 2.63. The molecule has 0 amide bonds. The van der Waals surface area contributed by atoms with Crippen LogP contribution in [-0.4, -0.2) is 27.5 Å². The first-order valence-corrected chi connectivity index (χ1v) is 6.86. The van der Waals surface area contributed by atoms with E-state index in [1.165, 1.54) is 0 Å². The standard InChI is InChI=1S/C13H24N4O/c1-3-6-17-13(12(14)9(2)16-17)15-8-10-4-5-11(18)7-10/h10-11,15,18H,3-8,14H2,1-2H3. The molecule has 2 unspecified atom stereocenters. The fraction of sp³-hybridized carbons (Fsp3) is 0.769. The number of nitrogens with zero attached hydrogens (tertiary/aromatic N) is 2. The Bertz CT molecular complexity index is 402. The highest BCUT2D eigenvalue weighted by atomic mass is 16.3. The zero-order chi connectivity index (χ0) is 13.1. The summed E-state index contributed by atoms with van der Waals surface area (Å²) in [5, 5.41) is 17.4. The maximum Gasteiger partial charge on any atom is 0.148 e. The van der Waals surface area contributed by atoms with Crippen LogP contribution in [0.4, 0.5) is 11.5 Å². The quantitative estimate of drug-likeness (QED) is 0.746. The van der Waals surface area contributed by atoms with E-state index in [9.17, 15) is 5.11 Å². The lowest BCUT2D eigenvalue weighted by Gasteiger charge is -2.14. The summed E-state index contributed by atoms with van der Waals surface area (Å²) in [5.74, 6) is 1.49. The van der Waals surface area contributed by atoms with Gasteiger partial charge in [-0.05, 0) is 38.5 Å². The Kier molecular flexibility index (Phi) is 4.11. The topological polar surface area (TPSA) is 76.1 Å². The number of aromatic nitrogens is 2. The number of nitrogens with two attached hydrogens (primary N) is 1. The fourth-order valence-electron chi connectivity index (χ4n) is 2.63. The molecule has 0 aromatic carbocycles. The Hall–Kier alpha value is -1.23. The van der Waals surface area contributed by atoms with Crippen LogP contribution in [0.1, 0.15) is 38.3 Å². The zero-order valence-corrected chi connectivity index (χ0v) is 11.3. The van der Waals surface area contributed by atoms with Crippen LogP contribution in [0.3, 0.4) is 0 Å². The maximum atomic E-state index is 9.52. The molecule has 2 rings (SSSR count). The summed E-state index contributed by atoms with van der Waals surface area (Å²) in [7, 11) is 0. The first kappa shape index (κ1) is 13.2. The van der Waals surface area contributed by atoms with Crippen LogP contribution < -0.4 is 11.1 Å². The molecule has 1 fully saturated rings. The van der Waals surface area contributed by atoms with Crippen molar-refractivity contribution in [3.8, 4) is 0 Å². The molecule has 0 spiro atoms. The number of hydrogen-bond donors (Lipinski definition) is 3. The second-order valence-corrected chi connectivity index (χ2v) is 5.28. The van der Waals surface area contributed by atoms with E-state index < -0.39 is 0 Å². The number of rotatable bonds is 5. The minimum absolute atomic E-state index is 0.114. The molecule has 4 N–H and O–H groups in total. The van der Waals surface area contributed by atoms with Gasteiger partial charge in [0.15, 0.2) is 0 Å². The van der Waals surface area contributed by atoms with Crippen molar-refractivity contribution in [1.29, 1.82) is 0 Å². The van der Waals surface area contributed by atoms with Gasteiger partial charge in [-0.3, -0.25) is 0 Å². The van der Waals surface area contributed by atoms with E-state index in [2.05, 4.69) is 17.3 Å². The van der Waals surface area contributed by atoms with Gasteiger partial charge >= 0.3 is 0 Å². The van der Waals surface area contributed by atoms with Crippen molar-refractivity contribution < 1.29 is 5.11 Å². The second-order valence-electron chi connectivity index (χ2n) is 5.28. The summed E-state index contributed by atoms with van der Waals surface area (Å²) < 4.78 is 1.95. The van der Waals surface area contributed by atoms with E-state index in [1.807, 2.05) is 11.6 Å². The molecule has 102 valence electrons. The van der Waals surface area contributed by atoms with Crippen LogP contribution in [0, 0.1) is 12.8 Å². The van der Waals surface area contributed by atoms with Crippen LogP contribution in [0.5, 0.6) is 0 Å². The predicted molar refractivity (Wildman–Crippen MR) is 73.5 cm³/mol. The van der Waals surface area contributed by atoms with E-state index in [0.717, 1.165) is 56.0 Å². The summed E-state index contributed by atoms with van der Waals surface area (Å²) in [6.45, 7) is 5.82. The van der Waals surface area contributed by atoms with E-state index in [4.69, 9.17) is 5.73 Å². The number of hydrogen-bond acceptors (Lipinski definition) is 4. The van der Waals surface area contributed by atoms with Gasteiger partial charge in [-0.1, -0.05) is 6.92 Å². The van der Waals surface area contributed by atoms with Crippen molar-refractivity contribution >= 4 is 11.5 Å². The summed E-state index contributed by atoms with van der Waals surface area (Å²) in [4.78, 5) is 0. The van der Waals surface area contributed by atoms with Crippen LogP contribution in [0.2, 0.25) is 0 Å². The molecule has 1 aliphatic rings. The maximum absolute atomic E-state index is 9.52. The highest BCUT2D eigenvalue weighted by Gasteiger charge is 2.23. The van der Waals surface area contributed by atoms with E-state index in [0.29, 0.717) is 5.92 Å². The zero-order valence-electron chi connectivity index (χ0n) is 11.3. The first-order valence-electron chi connectivity index (χ1n) is 6.86. The monoisotopic (exact) mass is 252 g/mol. The number of aliphatic hydroxyl groups excluding tert-OH is 1. The molecule has 1 saturated carbocycles. The third-order valence-electron chi connectivity index (χ3n) is 3.68. The molecule has 5 heteroatoms. The Morgan fingerprint density at radius 3 is 2.89 bits per heavy atom. The van der Waals surface area contributed by atoms with E-state index in [-0.39, 0.29) is 6.10 Å². The van der Waals surface area contributed by atoms with Crippen molar-refractivity contribution in [2.45, 2.75) is 52.2 Å². The van der Waals surface area contributed by atoms with Gasteiger partial charge in [0.2, 0.25) is 0 Å². The lowest BCUT2D eigenvalue weighted by molar-refractivity contribution is 0.178. The Balaban J connectivity index is 1.99. The minimum atomic E-state index is -0.114. The molecule has 5 nitrogen and oxygen atoms in total. The normalized spacial score (nSPS) is 23.5. The highest BCUT2D eigenvalue weighted by Crippen LogP contribution is 2.28. The summed E-state index contributed by atoms with van der Waals surface area (Å²) in [6.07, 6.45) is 3.84.